The van der Waals surface area contributed by atoms with Gasteiger partial charge in [-0.25, -0.2) is 14.6 Å². The molecule has 0 radical (unpaired) electrons. The van der Waals surface area contributed by atoms with Gasteiger partial charge in [-0.1, -0.05) is 17.7 Å². The molecule has 2 fully saturated rings. The number of halogens is 4. The highest BCUT2D eigenvalue weighted by atomic mass is 35.5. The number of alkyl halides is 3. The van der Waals surface area contributed by atoms with E-state index in [0.29, 0.717) is 35.4 Å². The van der Waals surface area contributed by atoms with Crippen molar-refractivity contribution < 1.29 is 27.4 Å². The van der Waals surface area contributed by atoms with E-state index in [-0.39, 0.29) is 35.8 Å². The summed E-state index contributed by atoms with van der Waals surface area (Å²) in [6, 6.07) is 5.32. The molecule has 1 aliphatic carbocycles. The van der Waals surface area contributed by atoms with Crippen molar-refractivity contribution in [2.24, 2.45) is 5.92 Å². The van der Waals surface area contributed by atoms with Gasteiger partial charge in [-0.3, -0.25) is 4.68 Å². The van der Waals surface area contributed by atoms with E-state index in [1.807, 2.05) is 6.92 Å². The number of benzene rings is 1. The van der Waals surface area contributed by atoms with Gasteiger partial charge in [0.2, 0.25) is 5.95 Å². The summed E-state index contributed by atoms with van der Waals surface area (Å²) in [5, 5.41) is 22.1. The number of hydrogen-bond donors (Lipinski definition) is 2. The van der Waals surface area contributed by atoms with E-state index in [4.69, 9.17) is 25.8 Å². The van der Waals surface area contributed by atoms with Crippen LogP contribution in [0.1, 0.15) is 25.8 Å². The van der Waals surface area contributed by atoms with Crippen LogP contribution in [0, 0.1) is 5.92 Å². The molecule has 0 amide bonds. The molecule has 17 heteroatoms. The lowest BCUT2D eigenvalue weighted by molar-refractivity contribution is -0.154. The van der Waals surface area contributed by atoms with Crippen LogP contribution in [0.4, 0.5) is 24.8 Å². The summed E-state index contributed by atoms with van der Waals surface area (Å²) >= 11 is 6.37. The van der Waals surface area contributed by atoms with Crippen molar-refractivity contribution in [3.63, 3.8) is 0 Å². The first-order valence-electron chi connectivity index (χ1n) is 14.1. The topological polar surface area (TPSA) is 139 Å². The summed E-state index contributed by atoms with van der Waals surface area (Å²) < 4.78 is 59.0. The minimum atomic E-state index is -4.52. The van der Waals surface area contributed by atoms with Gasteiger partial charge in [-0.05, 0) is 53.8 Å². The number of anilines is 2. The molecule has 4 heterocycles. The third kappa shape index (κ3) is 7.36. The van der Waals surface area contributed by atoms with Crippen molar-refractivity contribution in [2.45, 2.75) is 50.7 Å². The van der Waals surface area contributed by atoms with E-state index in [1.54, 1.807) is 46.2 Å². The van der Waals surface area contributed by atoms with Gasteiger partial charge in [-0.15, -0.1) is 10.2 Å². The van der Waals surface area contributed by atoms with Crippen molar-refractivity contribution in [3.8, 4) is 22.8 Å². The fourth-order valence-electron chi connectivity index (χ4n) is 5.16. The van der Waals surface area contributed by atoms with Gasteiger partial charge >= 0.3 is 6.18 Å². The second-order valence-electron chi connectivity index (χ2n) is 10.8. The summed E-state index contributed by atoms with van der Waals surface area (Å²) in [6.45, 7) is 3.13. The number of nitrogens with zero attached hydrogens (tertiary/aromatic N) is 8. The van der Waals surface area contributed by atoms with Crippen LogP contribution in [0.25, 0.3) is 11.1 Å². The predicted molar refractivity (Wildman–Crippen MR) is 152 cm³/mol. The SMILES string of the molecule is CC(Cn1cnnn1)Oc1cc(-c2cnc(Nc3cn([C@H]4C[C@H](C5CNCCO5)C4)nc3OCC(F)(F)F)nc2)ccc1Cl. The molecule has 1 aliphatic heterocycles. The minimum Gasteiger partial charge on any atom is -0.487 e. The first kappa shape index (κ1) is 30.0. The maximum Gasteiger partial charge on any atom is 0.422 e. The summed E-state index contributed by atoms with van der Waals surface area (Å²) in [5.74, 6) is 0.815. The number of rotatable bonds is 11. The molecule has 1 saturated heterocycles. The first-order valence-corrected chi connectivity index (χ1v) is 14.5. The molecule has 2 atom stereocenters. The Balaban J connectivity index is 1.13. The van der Waals surface area contributed by atoms with E-state index in [0.717, 1.165) is 31.5 Å². The molecule has 2 aliphatic rings. The molecule has 2 unspecified atom stereocenters. The van der Waals surface area contributed by atoms with Crippen LogP contribution in [0.2, 0.25) is 5.02 Å². The number of morpholine rings is 1. The zero-order chi connectivity index (χ0) is 30.7. The summed E-state index contributed by atoms with van der Waals surface area (Å²) in [7, 11) is 0. The lowest BCUT2D eigenvalue weighted by Gasteiger charge is -2.41. The number of tetrazole rings is 1. The smallest absolute Gasteiger partial charge is 0.422 e. The number of nitrogens with one attached hydrogen (secondary N) is 2. The Hall–Kier alpha value is -4.02. The first-order chi connectivity index (χ1) is 21.2. The second kappa shape index (κ2) is 12.9. The second-order valence-corrected chi connectivity index (χ2v) is 11.2. The molecule has 0 spiro atoms. The van der Waals surface area contributed by atoms with Crippen LogP contribution in [-0.2, 0) is 11.3 Å². The molecular weight excluding hydrogens is 605 g/mol. The number of aromatic nitrogens is 8. The van der Waals surface area contributed by atoms with Crippen LogP contribution >= 0.6 is 11.6 Å². The molecule has 3 aromatic heterocycles. The monoisotopic (exact) mass is 634 g/mol. The van der Waals surface area contributed by atoms with Crippen LogP contribution in [0.5, 0.6) is 11.6 Å². The van der Waals surface area contributed by atoms with Crippen LogP contribution < -0.4 is 20.1 Å². The lowest BCUT2D eigenvalue weighted by Crippen LogP contribution is -2.47. The maximum absolute atomic E-state index is 13.0. The lowest BCUT2D eigenvalue weighted by atomic mass is 9.76. The highest BCUT2D eigenvalue weighted by Crippen LogP contribution is 2.42. The van der Waals surface area contributed by atoms with E-state index < -0.39 is 12.8 Å². The molecule has 1 aromatic carbocycles. The average Bonchev–Trinajstić information content (AvgIpc) is 3.63. The molecular formula is C27H30ClF3N10O3. The predicted octanol–water partition coefficient (Wildman–Crippen LogP) is 4.07. The van der Waals surface area contributed by atoms with Crippen molar-refractivity contribution in [2.75, 3.05) is 31.6 Å². The van der Waals surface area contributed by atoms with Gasteiger partial charge in [0.25, 0.3) is 5.88 Å². The van der Waals surface area contributed by atoms with Crippen molar-refractivity contribution in [1.82, 2.24) is 45.3 Å². The molecule has 1 saturated carbocycles. The summed E-state index contributed by atoms with van der Waals surface area (Å²) in [5.41, 5.74) is 1.67. The quantitative estimate of drug-likeness (QED) is 0.247. The summed E-state index contributed by atoms with van der Waals surface area (Å²) in [4.78, 5) is 8.73. The molecule has 2 N–H and O–H groups in total. The normalized spacial score (nSPS) is 21.0. The molecule has 13 nitrogen and oxygen atoms in total. The van der Waals surface area contributed by atoms with Gasteiger partial charge in [0.05, 0.1) is 36.5 Å². The van der Waals surface area contributed by atoms with Gasteiger partial charge in [0.15, 0.2) is 6.61 Å². The highest BCUT2D eigenvalue weighted by Gasteiger charge is 2.38. The zero-order valence-corrected chi connectivity index (χ0v) is 24.4. The maximum atomic E-state index is 13.0. The van der Waals surface area contributed by atoms with Crippen molar-refractivity contribution in [3.05, 3.63) is 48.1 Å². The van der Waals surface area contributed by atoms with E-state index in [2.05, 4.69) is 41.2 Å². The van der Waals surface area contributed by atoms with Crippen LogP contribution in [0.3, 0.4) is 0 Å². The minimum absolute atomic E-state index is 0.0227. The Morgan fingerprint density at radius 2 is 2.02 bits per heavy atom. The molecule has 234 valence electrons. The number of hydrogen-bond acceptors (Lipinski definition) is 11. The van der Waals surface area contributed by atoms with E-state index in [1.165, 1.54) is 6.33 Å². The Morgan fingerprint density at radius 1 is 1.20 bits per heavy atom. The van der Waals surface area contributed by atoms with E-state index >= 15 is 0 Å². The third-order valence-electron chi connectivity index (χ3n) is 7.40. The fourth-order valence-corrected chi connectivity index (χ4v) is 5.32. The Kier molecular flexibility index (Phi) is 8.81. The molecule has 0 bridgehead atoms. The van der Waals surface area contributed by atoms with Gasteiger partial charge in [0, 0.05) is 31.0 Å². The van der Waals surface area contributed by atoms with Crippen LogP contribution in [-0.4, -0.2) is 84.6 Å². The Labute approximate surface area is 255 Å². The molecule has 4 aromatic rings. The van der Waals surface area contributed by atoms with Gasteiger partial charge < -0.3 is 24.8 Å². The number of ether oxygens (including phenoxy) is 3. The zero-order valence-electron chi connectivity index (χ0n) is 23.6. The van der Waals surface area contributed by atoms with Gasteiger partial charge in [0.1, 0.15) is 23.9 Å². The standard InChI is InChI=1S/C27H30ClF3N10O3/c1-16(12-40-15-35-38-39-40)44-23-8-17(2-3-21(23)28)19-9-33-26(34-10-19)36-22-13-41(37-25(22)43-14-27(29,30)31)20-6-18(7-20)24-11-32-4-5-42-24/h2-3,8-10,13,15-16,18,20,24,32H,4-7,11-12,14H2,1H3,(H,33,34,36)/t16?,18-,20-,24?. The Bertz CT molecular complexity index is 1530. The summed E-state index contributed by atoms with van der Waals surface area (Å²) in [6.07, 6.45) is 3.25. The largest absolute Gasteiger partial charge is 0.487 e. The fraction of sp³-hybridized carbons (Fsp3) is 0.481. The van der Waals surface area contributed by atoms with Crippen molar-refractivity contribution in [1.29, 1.82) is 0 Å². The van der Waals surface area contributed by atoms with Gasteiger partial charge in [-0.2, -0.15) is 13.2 Å². The third-order valence-corrected chi connectivity index (χ3v) is 7.72. The van der Waals surface area contributed by atoms with Crippen molar-refractivity contribution >= 4 is 23.2 Å². The average molecular weight is 635 g/mol. The Morgan fingerprint density at radius 3 is 2.73 bits per heavy atom. The van der Waals surface area contributed by atoms with E-state index in [9.17, 15) is 13.2 Å². The highest BCUT2D eigenvalue weighted by molar-refractivity contribution is 6.32. The molecule has 44 heavy (non-hydrogen) atoms. The molecule has 6 rings (SSSR count). The van der Waals surface area contributed by atoms with Crippen LogP contribution in [0.15, 0.2) is 43.1 Å².